The molecule has 0 saturated heterocycles. The van der Waals surface area contributed by atoms with E-state index in [0.717, 1.165) is 11.4 Å². The fraction of sp³-hybridized carbons (Fsp3) is 0.542. The summed E-state index contributed by atoms with van der Waals surface area (Å²) in [6.45, 7) is 15.9. The average Bonchev–Trinajstić information content (AvgIpc) is 3.42. The molecule has 0 radical (unpaired) electrons. The van der Waals surface area contributed by atoms with Gasteiger partial charge in [0.15, 0.2) is 0 Å². The third kappa shape index (κ3) is 3.16. The first kappa shape index (κ1) is 19.5. The van der Waals surface area contributed by atoms with Gasteiger partial charge in [0.05, 0.1) is 7.11 Å². The molecule has 150 valence electrons. The van der Waals surface area contributed by atoms with Gasteiger partial charge in [0.2, 0.25) is 0 Å². The summed E-state index contributed by atoms with van der Waals surface area (Å²) in [7, 11) is 1.65. The van der Waals surface area contributed by atoms with Crippen molar-refractivity contribution < 1.29 is 4.74 Å². The molecule has 3 nitrogen and oxygen atoms in total. The second kappa shape index (κ2) is 6.62. The molecule has 0 aliphatic heterocycles. The minimum absolute atomic E-state index is 0.242. The Morgan fingerprint density at radius 2 is 1.86 bits per heavy atom. The van der Waals surface area contributed by atoms with Crippen LogP contribution in [0.5, 0.6) is 0 Å². The lowest BCUT2D eigenvalue weighted by Crippen LogP contribution is -2.32. The molecular weight excluding hydrogens is 364 g/mol. The highest BCUT2D eigenvalue weighted by Gasteiger charge is 2.43. The second-order valence-corrected chi connectivity index (χ2v) is 10.6. The molecule has 2 aromatic rings. The first-order valence-electron chi connectivity index (χ1n) is 10.3. The van der Waals surface area contributed by atoms with E-state index in [-0.39, 0.29) is 10.8 Å². The van der Waals surface area contributed by atoms with Crippen molar-refractivity contribution in [2.24, 2.45) is 0 Å². The minimum atomic E-state index is 0.242. The van der Waals surface area contributed by atoms with E-state index in [1.165, 1.54) is 36.2 Å². The zero-order valence-electron chi connectivity index (χ0n) is 18.1. The van der Waals surface area contributed by atoms with E-state index in [4.69, 9.17) is 9.72 Å². The summed E-state index contributed by atoms with van der Waals surface area (Å²) in [5, 5.41) is 1.39. The van der Waals surface area contributed by atoms with E-state index < -0.39 is 0 Å². The van der Waals surface area contributed by atoms with Crippen LogP contribution in [0.3, 0.4) is 0 Å². The first-order valence-corrected chi connectivity index (χ1v) is 11.1. The van der Waals surface area contributed by atoms with Gasteiger partial charge in [-0.1, -0.05) is 34.3 Å². The number of pyridine rings is 1. The van der Waals surface area contributed by atoms with Crippen molar-refractivity contribution in [3.63, 3.8) is 0 Å². The molecule has 0 amide bonds. The number of thiophene rings is 1. The van der Waals surface area contributed by atoms with Gasteiger partial charge in [-0.25, -0.2) is 4.98 Å². The molecule has 1 fully saturated rings. The van der Waals surface area contributed by atoms with Crippen molar-refractivity contribution >= 4 is 27.9 Å². The first-order chi connectivity index (χ1) is 13.2. The van der Waals surface area contributed by atoms with E-state index >= 15 is 0 Å². The molecule has 2 aliphatic rings. The number of aromatic nitrogens is 1. The maximum Gasteiger partial charge on any atom is 0.133 e. The fourth-order valence-electron chi connectivity index (χ4n) is 4.49. The number of hydrogen-bond acceptors (Lipinski definition) is 4. The Bertz CT molecular complexity index is 903. The molecular formula is C24H32N2OS. The molecule has 0 spiro atoms. The number of methoxy groups -OCH3 is 1. The van der Waals surface area contributed by atoms with Crippen molar-refractivity contribution in [1.82, 2.24) is 4.98 Å². The predicted octanol–water partition coefficient (Wildman–Crippen LogP) is 6.72. The van der Waals surface area contributed by atoms with Crippen LogP contribution in [0, 0.1) is 6.92 Å². The Kier molecular flexibility index (Phi) is 4.61. The number of rotatable bonds is 5. The highest BCUT2D eigenvalue weighted by Crippen LogP contribution is 2.55. The number of hydrogen-bond donors (Lipinski definition) is 0. The molecule has 2 heterocycles. The Balaban J connectivity index is 1.80. The number of ether oxygens (including phenoxy) is 1. The lowest BCUT2D eigenvalue weighted by molar-refractivity contribution is 0.337. The van der Waals surface area contributed by atoms with Crippen molar-refractivity contribution in [2.45, 2.75) is 77.2 Å². The van der Waals surface area contributed by atoms with Crippen LogP contribution in [0.25, 0.3) is 5.76 Å². The third-order valence-corrected chi connectivity index (χ3v) is 8.14. The van der Waals surface area contributed by atoms with Gasteiger partial charge in [-0.15, -0.1) is 11.3 Å². The molecule has 1 saturated carbocycles. The summed E-state index contributed by atoms with van der Waals surface area (Å²) in [6.07, 6.45) is 6.86. The molecule has 4 heteroatoms. The summed E-state index contributed by atoms with van der Waals surface area (Å²) in [4.78, 5) is 8.86. The molecule has 28 heavy (non-hydrogen) atoms. The van der Waals surface area contributed by atoms with E-state index in [2.05, 4.69) is 58.2 Å². The van der Waals surface area contributed by atoms with Gasteiger partial charge in [0, 0.05) is 22.7 Å². The maximum atomic E-state index is 5.26. The lowest BCUT2D eigenvalue weighted by Gasteiger charge is -2.39. The monoisotopic (exact) mass is 396 g/mol. The average molecular weight is 397 g/mol. The maximum absolute atomic E-state index is 5.26. The Labute approximate surface area is 173 Å². The van der Waals surface area contributed by atoms with Crippen LogP contribution in [-0.4, -0.2) is 18.1 Å². The minimum Gasteiger partial charge on any atom is -0.497 e. The second-order valence-electron chi connectivity index (χ2n) is 9.64. The number of nitrogens with zero attached hydrogens (tertiary/aromatic N) is 2. The number of fused-ring (bicyclic) bond motifs is 1. The molecule has 0 bridgehead atoms. The highest BCUT2D eigenvalue weighted by atomic mass is 32.1. The Morgan fingerprint density at radius 3 is 2.39 bits per heavy atom. The molecule has 0 unspecified atom stereocenters. The molecule has 0 atom stereocenters. The van der Waals surface area contributed by atoms with Gasteiger partial charge < -0.3 is 9.64 Å². The van der Waals surface area contributed by atoms with Crippen LogP contribution in [0.2, 0.25) is 0 Å². The normalized spacial score (nSPS) is 19.8. The van der Waals surface area contributed by atoms with Crippen LogP contribution in [-0.2, 0) is 15.6 Å². The van der Waals surface area contributed by atoms with E-state index in [1.54, 1.807) is 17.6 Å². The van der Waals surface area contributed by atoms with Crippen LogP contribution < -0.4 is 4.90 Å². The van der Waals surface area contributed by atoms with Crippen LogP contribution in [0.15, 0.2) is 24.9 Å². The fourth-order valence-corrected chi connectivity index (χ4v) is 6.19. The van der Waals surface area contributed by atoms with Gasteiger partial charge in [-0.05, 0) is 66.7 Å². The van der Waals surface area contributed by atoms with Crippen LogP contribution >= 0.6 is 11.3 Å². The Hall–Kier alpha value is -1.81. The van der Waals surface area contributed by atoms with E-state index in [1.807, 2.05) is 17.5 Å². The predicted molar refractivity (Wildman–Crippen MR) is 120 cm³/mol. The smallest absolute Gasteiger partial charge is 0.133 e. The zero-order chi connectivity index (χ0) is 20.3. The van der Waals surface area contributed by atoms with Crippen molar-refractivity contribution in [1.29, 1.82) is 0 Å². The summed E-state index contributed by atoms with van der Waals surface area (Å²) < 4.78 is 5.26. The van der Waals surface area contributed by atoms with Crippen molar-refractivity contribution in [2.75, 3.05) is 12.0 Å². The Morgan fingerprint density at radius 1 is 1.18 bits per heavy atom. The van der Waals surface area contributed by atoms with Crippen molar-refractivity contribution in [3.05, 3.63) is 46.5 Å². The van der Waals surface area contributed by atoms with Crippen LogP contribution in [0.4, 0.5) is 10.8 Å². The topological polar surface area (TPSA) is 25.4 Å². The number of anilines is 2. The van der Waals surface area contributed by atoms with Gasteiger partial charge >= 0.3 is 0 Å². The van der Waals surface area contributed by atoms with Gasteiger partial charge in [-0.3, -0.25) is 0 Å². The van der Waals surface area contributed by atoms with Gasteiger partial charge in [0.25, 0.3) is 0 Å². The SMILES string of the molecule is C=C(OC)c1ccc(N(c2sc3c(c2C)C(C)(C)CCC3(C)C)C2CC2)nc1. The highest BCUT2D eigenvalue weighted by molar-refractivity contribution is 7.16. The van der Waals surface area contributed by atoms with E-state index in [9.17, 15) is 0 Å². The third-order valence-electron chi connectivity index (χ3n) is 6.48. The summed E-state index contributed by atoms with van der Waals surface area (Å²) in [5.74, 6) is 1.69. The molecule has 4 rings (SSSR count). The molecule has 2 aromatic heterocycles. The standard InChI is InChI=1S/C24H32N2OS/c1-15-20-21(24(5,6)13-12-23(20,3)4)28-22(15)26(18-9-10-18)19-11-8-17(14-25-19)16(2)27-7/h8,11,14,18H,2,9-10,12-13H2,1,3-7H3. The molecule has 2 aliphatic carbocycles. The lowest BCUT2D eigenvalue weighted by atomic mass is 9.66. The van der Waals surface area contributed by atoms with Crippen molar-refractivity contribution in [3.8, 4) is 0 Å². The molecule has 0 N–H and O–H groups in total. The molecule has 0 aromatic carbocycles. The summed E-state index contributed by atoms with van der Waals surface area (Å²) in [5.41, 5.74) is 4.47. The van der Waals surface area contributed by atoms with Gasteiger partial charge in [-0.2, -0.15) is 0 Å². The quantitative estimate of drug-likeness (QED) is 0.525. The van der Waals surface area contributed by atoms with E-state index in [0.29, 0.717) is 11.8 Å². The zero-order valence-corrected chi connectivity index (χ0v) is 18.9. The van der Waals surface area contributed by atoms with Crippen LogP contribution in [0.1, 0.15) is 74.9 Å². The largest absolute Gasteiger partial charge is 0.497 e. The van der Waals surface area contributed by atoms with Gasteiger partial charge in [0.1, 0.15) is 16.6 Å². The summed E-state index contributed by atoms with van der Waals surface area (Å²) in [6, 6.07) is 4.75. The summed E-state index contributed by atoms with van der Waals surface area (Å²) >= 11 is 2.00.